The SMILES string of the molecule is c1ccc(-c2ccc(-n3c4ccccc4c4c(-c5ccc6c(c5)c5cccnc5n6-c5ccc(-c6ccccc6)cc5)cccc43)cc2)cc1. The van der Waals surface area contributed by atoms with E-state index in [1.165, 1.54) is 60.6 Å². The van der Waals surface area contributed by atoms with Gasteiger partial charge in [-0.25, -0.2) is 4.98 Å². The zero-order chi connectivity index (χ0) is 33.0. The molecule has 3 nitrogen and oxygen atoms in total. The number of hydrogen-bond donors (Lipinski definition) is 0. The molecule has 0 radical (unpaired) electrons. The van der Waals surface area contributed by atoms with Crippen molar-refractivity contribution in [2.45, 2.75) is 0 Å². The number of pyridine rings is 1. The van der Waals surface area contributed by atoms with E-state index < -0.39 is 0 Å². The molecule has 0 atom stereocenters. The molecule has 3 aromatic heterocycles. The highest BCUT2D eigenvalue weighted by atomic mass is 15.0. The average molecular weight is 638 g/mol. The third-order valence-corrected chi connectivity index (χ3v) is 10.0. The fourth-order valence-electron chi connectivity index (χ4n) is 7.68. The number of hydrogen-bond acceptors (Lipinski definition) is 1. The number of aromatic nitrogens is 3. The topological polar surface area (TPSA) is 22.8 Å². The second-order valence-electron chi connectivity index (χ2n) is 12.8. The van der Waals surface area contributed by atoms with Gasteiger partial charge in [0.15, 0.2) is 0 Å². The van der Waals surface area contributed by atoms with Crippen LogP contribution in [0.25, 0.3) is 88.5 Å². The summed E-state index contributed by atoms with van der Waals surface area (Å²) in [4.78, 5) is 4.89. The molecule has 3 heterocycles. The molecule has 0 bridgehead atoms. The Morgan fingerprint density at radius 2 is 0.880 bits per heavy atom. The van der Waals surface area contributed by atoms with Crippen molar-refractivity contribution in [2.24, 2.45) is 0 Å². The van der Waals surface area contributed by atoms with E-state index in [1.807, 2.05) is 12.3 Å². The summed E-state index contributed by atoms with van der Waals surface area (Å²) in [6.07, 6.45) is 1.89. The van der Waals surface area contributed by atoms with E-state index in [0.29, 0.717) is 0 Å². The highest BCUT2D eigenvalue weighted by molar-refractivity contribution is 6.17. The summed E-state index contributed by atoms with van der Waals surface area (Å²) in [5, 5.41) is 4.83. The minimum Gasteiger partial charge on any atom is -0.309 e. The molecule has 10 aromatic rings. The molecule has 0 saturated carbocycles. The smallest absolute Gasteiger partial charge is 0.145 e. The highest BCUT2D eigenvalue weighted by Gasteiger charge is 2.18. The molecule has 0 N–H and O–H groups in total. The summed E-state index contributed by atoms with van der Waals surface area (Å²) in [6, 6.07) is 65.4. The zero-order valence-corrected chi connectivity index (χ0v) is 27.2. The van der Waals surface area contributed by atoms with Crippen LogP contribution in [0, 0.1) is 0 Å². The molecule has 0 fully saturated rings. The lowest BCUT2D eigenvalue weighted by Gasteiger charge is -2.11. The maximum Gasteiger partial charge on any atom is 0.145 e. The summed E-state index contributed by atoms with van der Waals surface area (Å²) in [5.41, 5.74) is 14.0. The maximum atomic E-state index is 4.89. The lowest BCUT2D eigenvalue weighted by molar-refractivity contribution is 1.14. The van der Waals surface area contributed by atoms with Gasteiger partial charge in [-0.2, -0.15) is 0 Å². The fraction of sp³-hybridized carbons (Fsp3) is 0. The molecule has 0 unspecified atom stereocenters. The van der Waals surface area contributed by atoms with Crippen molar-refractivity contribution in [2.75, 3.05) is 0 Å². The van der Waals surface area contributed by atoms with Gasteiger partial charge in [-0.15, -0.1) is 0 Å². The van der Waals surface area contributed by atoms with Crippen LogP contribution in [0.15, 0.2) is 188 Å². The predicted octanol–water partition coefficient (Wildman–Crippen LogP) is 12.3. The van der Waals surface area contributed by atoms with Crippen LogP contribution in [-0.2, 0) is 0 Å². The molecule has 50 heavy (non-hydrogen) atoms. The standard InChI is InChI=1S/C47H31N3/c1-3-11-32(12-4-1)34-20-25-37(26-21-34)49-43-18-8-7-15-41(43)46-39(16-9-19-45(46)49)36-24-29-44-42(31-36)40-17-10-30-48-47(40)50(44)38-27-22-35(23-28-38)33-13-5-2-6-14-33/h1-31H. The molecule has 0 spiro atoms. The van der Waals surface area contributed by atoms with Crippen LogP contribution in [0.5, 0.6) is 0 Å². The first kappa shape index (κ1) is 28.3. The highest BCUT2D eigenvalue weighted by Crippen LogP contribution is 2.41. The summed E-state index contributed by atoms with van der Waals surface area (Å²) in [7, 11) is 0. The van der Waals surface area contributed by atoms with Crippen LogP contribution < -0.4 is 0 Å². The Balaban J connectivity index is 1.13. The van der Waals surface area contributed by atoms with Gasteiger partial charge in [-0.1, -0.05) is 121 Å². The van der Waals surface area contributed by atoms with Crippen molar-refractivity contribution in [3.8, 4) is 44.8 Å². The van der Waals surface area contributed by atoms with E-state index in [4.69, 9.17) is 4.98 Å². The van der Waals surface area contributed by atoms with E-state index in [1.54, 1.807) is 0 Å². The Morgan fingerprint density at radius 1 is 0.340 bits per heavy atom. The second-order valence-corrected chi connectivity index (χ2v) is 12.8. The van der Waals surface area contributed by atoms with Crippen molar-refractivity contribution in [3.05, 3.63) is 188 Å². The number of benzene rings is 7. The van der Waals surface area contributed by atoms with Gasteiger partial charge < -0.3 is 4.57 Å². The van der Waals surface area contributed by atoms with Gasteiger partial charge >= 0.3 is 0 Å². The van der Waals surface area contributed by atoms with Crippen molar-refractivity contribution in [1.29, 1.82) is 0 Å². The van der Waals surface area contributed by atoms with Gasteiger partial charge in [0, 0.05) is 39.1 Å². The van der Waals surface area contributed by atoms with Gasteiger partial charge in [0.1, 0.15) is 5.65 Å². The zero-order valence-electron chi connectivity index (χ0n) is 27.2. The Kier molecular flexibility index (Phi) is 6.49. The molecule has 7 aromatic carbocycles. The van der Waals surface area contributed by atoms with Crippen LogP contribution in [0.2, 0.25) is 0 Å². The van der Waals surface area contributed by atoms with Crippen LogP contribution in [0.3, 0.4) is 0 Å². The summed E-state index contributed by atoms with van der Waals surface area (Å²) >= 11 is 0. The molecular weight excluding hydrogens is 607 g/mol. The Bertz CT molecular complexity index is 2830. The monoisotopic (exact) mass is 637 g/mol. The van der Waals surface area contributed by atoms with Crippen LogP contribution in [0.1, 0.15) is 0 Å². The summed E-state index contributed by atoms with van der Waals surface area (Å²) in [5.74, 6) is 0. The summed E-state index contributed by atoms with van der Waals surface area (Å²) < 4.78 is 4.69. The number of nitrogens with zero attached hydrogens (tertiary/aromatic N) is 3. The molecule has 234 valence electrons. The molecular formula is C47H31N3. The fourth-order valence-corrected chi connectivity index (χ4v) is 7.68. The van der Waals surface area contributed by atoms with Crippen LogP contribution in [0.4, 0.5) is 0 Å². The molecule has 10 rings (SSSR count). The number of fused-ring (bicyclic) bond motifs is 6. The van der Waals surface area contributed by atoms with Crippen molar-refractivity contribution in [3.63, 3.8) is 0 Å². The van der Waals surface area contributed by atoms with E-state index in [2.05, 4.69) is 185 Å². The molecule has 0 aliphatic carbocycles. The Hall–Kier alpha value is -6.71. The van der Waals surface area contributed by atoms with Gasteiger partial charge in [-0.3, -0.25) is 4.57 Å². The van der Waals surface area contributed by atoms with Gasteiger partial charge in [0.2, 0.25) is 0 Å². The third-order valence-electron chi connectivity index (χ3n) is 10.0. The molecule has 0 amide bonds. The average Bonchev–Trinajstić information content (AvgIpc) is 3.71. The number of para-hydroxylation sites is 1. The molecule has 3 heteroatoms. The van der Waals surface area contributed by atoms with Gasteiger partial charge in [0.05, 0.1) is 16.6 Å². The minimum atomic E-state index is 0.959. The van der Waals surface area contributed by atoms with E-state index in [0.717, 1.165) is 27.9 Å². The van der Waals surface area contributed by atoms with Crippen molar-refractivity contribution < 1.29 is 0 Å². The third kappa shape index (κ3) is 4.48. The van der Waals surface area contributed by atoms with Crippen molar-refractivity contribution >= 4 is 43.7 Å². The maximum absolute atomic E-state index is 4.89. The second kappa shape index (κ2) is 11.5. The van der Waals surface area contributed by atoms with E-state index in [-0.39, 0.29) is 0 Å². The van der Waals surface area contributed by atoms with Gasteiger partial charge in [0.25, 0.3) is 0 Å². The van der Waals surface area contributed by atoms with E-state index in [9.17, 15) is 0 Å². The van der Waals surface area contributed by atoms with Crippen LogP contribution >= 0.6 is 0 Å². The minimum absolute atomic E-state index is 0.959. The van der Waals surface area contributed by atoms with Crippen molar-refractivity contribution in [1.82, 2.24) is 14.1 Å². The lowest BCUT2D eigenvalue weighted by Crippen LogP contribution is -1.95. The first-order valence-corrected chi connectivity index (χ1v) is 17.1. The summed E-state index contributed by atoms with van der Waals surface area (Å²) in [6.45, 7) is 0. The molecule has 0 aliphatic heterocycles. The van der Waals surface area contributed by atoms with Crippen LogP contribution in [-0.4, -0.2) is 14.1 Å². The number of rotatable bonds is 5. The molecule has 0 aliphatic rings. The Labute approximate surface area is 290 Å². The normalized spacial score (nSPS) is 11.6. The quantitative estimate of drug-likeness (QED) is 0.184. The first-order chi connectivity index (χ1) is 24.8. The lowest BCUT2D eigenvalue weighted by atomic mass is 9.98. The molecule has 0 saturated heterocycles. The largest absolute Gasteiger partial charge is 0.309 e. The van der Waals surface area contributed by atoms with E-state index >= 15 is 0 Å². The predicted molar refractivity (Wildman–Crippen MR) is 209 cm³/mol. The Morgan fingerprint density at radius 3 is 1.58 bits per heavy atom. The first-order valence-electron chi connectivity index (χ1n) is 17.1. The van der Waals surface area contributed by atoms with Gasteiger partial charge in [-0.05, 0) is 94.0 Å².